The quantitative estimate of drug-likeness (QED) is 0.762. The lowest BCUT2D eigenvalue weighted by atomic mass is 9.72. The van der Waals surface area contributed by atoms with E-state index in [1.165, 1.54) is 11.8 Å². The summed E-state index contributed by atoms with van der Waals surface area (Å²) in [5.74, 6) is 0.211. The first-order valence-electron chi connectivity index (χ1n) is 7.76. The van der Waals surface area contributed by atoms with Gasteiger partial charge < -0.3 is 10.1 Å². The summed E-state index contributed by atoms with van der Waals surface area (Å²) in [7, 11) is 0. The maximum absolute atomic E-state index is 12.1. The third-order valence-electron chi connectivity index (χ3n) is 3.95. The number of amides is 1. The molecule has 0 saturated carbocycles. The molecule has 1 aliphatic heterocycles. The monoisotopic (exact) mass is 375 g/mol. The van der Waals surface area contributed by atoms with Crippen molar-refractivity contribution in [2.75, 3.05) is 12.4 Å². The van der Waals surface area contributed by atoms with E-state index in [0.29, 0.717) is 28.0 Å². The molecule has 1 aromatic rings. The SMILES string of the molecule is CC1(C)C(C#N)=C(SCCCOc2ccc(Cl)cc2)NC(=O)[C@H]1C#N. The summed E-state index contributed by atoms with van der Waals surface area (Å²) in [4.78, 5) is 12.1. The van der Waals surface area contributed by atoms with Crippen LogP contribution in [0, 0.1) is 34.0 Å². The molecule has 0 spiro atoms. The summed E-state index contributed by atoms with van der Waals surface area (Å²) in [5, 5.41) is 22.5. The van der Waals surface area contributed by atoms with Gasteiger partial charge in [-0.25, -0.2) is 0 Å². The number of thioether (sulfide) groups is 1. The number of carbonyl (C=O) groups is 1. The minimum Gasteiger partial charge on any atom is -0.494 e. The van der Waals surface area contributed by atoms with Gasteiger partial charge in [0.2, 0.25) is 5.91 Å². The van der Waals surface area contributed by atoms with E-state index in [1.807, 2.05) is 6.07 Å². The molecule has 1 N–H and O–H groups in total. The number of rotatable bonds is 6. The van der Waals surface area contributed by atoms with Gasteiger partial charge in [0.25, 0.3) is 0 Å². The Bertz CT molecular complexity index is 760. The number of ether oxygens (including phenoxy) is 1. The van der Waals surface area contributed by atoms with Gasteiger partial charge in [-0.3, -0.25) is 4.79 Å². The number of hydrogen-bond donors (Lipinski definition) is 1. The smallest absolute Gasteiger partial charge is 0.243 e. The lowest BCUT2D eigenvalue weighted by Gasteiger charge is -2.34. The molecular weight excluding hydrogens is 358 g/mol. The van der Waals surface area contributed by atoms with Gasteiger partial charge in [0.15, 0.2) is 0 Å². The standard InChI is InChI=1S/C18H18ClN3O2S/c1-18(2)14(10-20)16(23)22-17(15(18)11-21)25-9-3-8-24-13-6-4-12(19)5-7-13/h4-7,14H,3,8-9H2,1-2H3,(H,22,23)/t14-/m1/s1. The highest BCUT2D eigenvalue weighted by Crippen LogP contribution is 2.41. The van der Waals surface area contributed by atoms with Crippen molar-refractivity contribution in [1.82, 2.24) is 5.32 Å². The van der Waals surface area contributed by atoms with Crippen LogP contribution in [-0.4, -0.2) is 18.3 Å². The number of nitriles is 2. The third-order valence-corrected chi connectivity index (χ3v) is 5.29. The molecular formula is C18H18ClN3O2S. The first-order chi connectivity index (χ1) is 11.9. The van der Waals surface area contributed by atoms with Gasteiger partial charge in [-0.05, 0) is 30.7 Å². The zero-order valence-corrected chi connectivity index (χ0v) is 15.6. The van der Waals surface area contributed by atoms with Gasteiger partial charge in [-0.1, -0.05) is 25.4 Å². The lowest BCUT2D eigenvalue weighted by molar-refractivity contribution is -0.125. The van der Waals surface area contributed by atoms with Crippen LogP contribution >= 0.6 is 23.4 Å². The molecule has 5 nitrogen and oxygen atoms in total. The summed E-state index contributed by atoms with van der Waals surface area (Å²) in [5.41, 5.74) is -0.351. The molecule has 0 radical (unpaired) electrons. The molecule has 7 heteroatoms. The largest absolute Gasteiger partial charge is 0.494 e. The summed E-state index contributed by atoms with van der Waals surface area (Å²) >= 11 is 7.22. The van der Waals surface area contributed by atoms with Crippen LogP contribution in [0.2, 0.25) is 5.02 Å². The van der Waals surface area contributed by atoms with E-state index < -0.39 is 11.3 Å². The van der Waals surface area contributed by atoms with Crippen LogP contribution in [0.25, 0.3) is 0 Å². The Balaban J connectivity index is 1.92. The zero-order chi connectivity index (χ0) is 18.4. The molecule has 1 aliphatic rings. The van der Waals surface area contributed by atoms with Crippen molar-refractivity contribution in [3.05, 3.63) is 39.9 Å². The fourth-order valence-electron chi connectivity index (χ4n) is 2.49. The number of halogens is 1. The second-order valence-corrected chi connectivity index (χ2v) is 7.63. The number of nitrogens with one attached hydrogen (secondary N) is 1. The fourth-order valence-corrected chi connectivity index (χ4v) is 3.71. The van der Waals surface area contributed by atoms with E-state index in [2.05, 4.69) is 11.4 Å². The van der Waals surface area contributed by atoms with Gasteiger partial charge in [-0.2, -0.15) is 10.5 Å². The van der Waals surface area contributed by atoms with E-state index in [4.69, 9.17) is 16.3 Å². The van der Waals surface area contributed by atoms with Crippen molar-refractivity contribution >= 4 is 29.3 Å². The Morgan fingerprint density at radius 3 is 2.60 bits per heavy atom. The topological polar surface area (TPSA) is 85.9 Å². The summed E-state index contributed by atoms with van der Waals surface area (Å²) in [6.07, 6.45) is 0.744. The minimum absolute atomic E-state index is 0.355. The highest BCUT2D eigenvalue weighted by atomic mass is 35.5. The molecule has 1 aromatic carbocycles. The number of benzene rings is 1. The molecule has 1 heterocycles. The number of allylic oxidation sites excluding steroid dienone is 1. The molecule has 1 atom stereocenters. The van der Waals surface area contributed by atoms with E-state index in [-0.39, 0.29) is 5.91 Å². The van der Waals surface area contributed by atoms with E-state index in [9.17, 15) is 15.3 Å². The Morgan fingerprint density at radius 2 is 2.00 bits per heavy atom. The molecule has 25 heavy (non-hydrogen) atoms. The van der Waals surface area contributed by atoms with E-state index in [1.54, 1.807) is 38.1 Å². The first-order valence-corrected chi connectivity index (χ1v) is 9.13. The van der Waals surface area contributed by atoms with E-state index in [0.717, 1.165) is 12.2 Å². The second kappa shape index (κ2) is 8.29. The van der Waals surface area contributed by atoms with Crippen LogP contribution in [0.4, 0.5) is 0 Å². The molecule has 2 rings (SSSR count). The Hall–Kier alpha value is -2.15. The van der Waals surface area contributed by atoms with Crippen molar-refractivity contribution in [2.45, 2.75) is 20.3 Å². The molecule has 0 bridgehead atoms. The molecule has 0 unspecified atom stereocenters. The fraction of sp³-hybridized carbons (Fsp3) is 0.389. The summed E-state index contributed by atoms with van der Waals surface area (Å²) < 4.78 is 5.62. The maximum atomic E-state index is 12.1. The molecule has 0 aliphatic carbocycles. The molecule has 0 fully saturated rings. The second-order valence-electron chi connectivity index (χ2n) is 6.09. The number of carbonyl (C=O) groups excluding carboxylic acids is 1. The average Bonchev–Trinajstić information content (AvgIpc) is 2.56. The molecule has 130 valence electrons. The van der Waals surface area contributed by atoms with Gasteiger partial charge in [0, 0.05) is 16.2 Å². The maximum Gasteiger partial charge on any atom is 0.243 e. The lowest BCUT2D eigenvalue weighted by Crippen LogP contribution is -2.44. The minimum atomic E-state index is -0.861. The first kappa shape index (κ1) is 19.2. The highest BCUT2D eigenvalue weighted by molar-refractivity contribution is 8.03. The zero-order valence-electron chi connectivity index (χ0n) is 14.0. The van der Waals surface area contributed by atoms with Crippen molar-refractivity contribution < 1.29 is 9.53 Å². The molecule has 0 aromatic heterocycles. The van der Waals surface area contributed by atoms with Crippen molar-refractivity contribution in [3.63, 3.8) is 0 Å². The van der Waals surface area contributed by atoms with Gasteiger partial charge in [0.1, 0.15) is 11.7 Å². The van der Waals surface area contributed by atoms with Crippen LogP contribution in [0.15, 0.2) is 34.9 Å². The van der Waals surface area contributed by atoms with Crippen LogP contribution in [-0.2, 0) is 4.79 Å². The predicted octanol–water partition coefficient (Wildman–Crippen LogP) is 3.87. The molecule has 0 saturated heterocycles. The van der Waals surface area contributed by atoms with Crippen LogP contribution in [0.5, 0.6) is 5.75 Å². The van der Waals surface area contributed by atoms with Crippen molar-refractivity contribution in [1.29, 1.82) is 10.5 Å². The number of hydrogen-bond acceptors (Lipinski definition) is 5. The van der Waals surface area contributed by atoms with Crippen molar-refractivity contribution in [2.24, 2.45) is 11.3 Å². The Labute approximate surface area is 156 Å². The van der Waals surface area contributed by atoms with Gasteiger partial charge in [0.05, 0.1) is 29.3 Å². The number of nitrogens with zero attached hydrogens (tertiary/aromatic N) is 2. The molecule has 1 amide bonds. The highest BCUT2D eigenvalue weighted by Gasteiger charge is 2.44. The van der Waals surface area contributed by atoms with Gasteiger partial charge in [-0.15, -0.1) is 11.8 Å². The summed E-state index contributed by atoms with van der Waals surface area (Å²) in [6, 6.07) is 11.3. The average molecular weight is 376 g/mol. The summed E-state index contributed by atoms with van der Waals surface area (Å²) in [6.45, 7) is 4.02. The normalized spacial score (nSPS) is 18.9. The third kappa shape index (κ3) is 4.48. The van der Waals surface area contributed by atoms with Crippen LogP contribution < -0.4 is 10.1 Å². The predicted molar refractivity (Wildman–Crippen MR) is 97.7 cm³/mol. The van der Waals surface area contributed by atoms with E-state index >= 15 is 0 Å². The Kier molecular flexibility index (Phi) is 6.36. The van der Waals surface area contributed by atoms with Gasteiger partial charge >= 0.3 is 0 Å². The Morgan fingerprint density at radius 1 is 1.32 bits per heavy atom. The van der Waals surface area contributed by atoms with Crippen LogP contribution in [0.3, 0.4) is 0 Å². The van der Waals surface area contributed by atoms with Crippen molar-refractivity contribution in [3.8, 4) is 17.9 Å². The van der Waals surface area contributed by atoms with Crippen LogP contribution in [0.1, 0.15) is 20.3 Å².